The summed E-state index contributed by atoms with van der Waals surface area (Å²) in [5, 5.41) is 15.0. The molecule has 10 nitrogen and oxygen atoms in total. The number of carbonyl (C=O) groups is 3. The molecule has 4 aromatic rings. The van der Waals surface area contributed by atoms with Gasteiger partial charge in [0.15, 0.2) is 0 Å². The Morgan fingerprint density at radius 3 is 2.23 bits per heavy atom. The highest BCUT2D eigenvalue weighted by molar-refractivity contribution is 6.01. The number of pyridine rings is 1. The van der Waals surface area contributed by atoms with Gasteiger partial charge in [0.2, 0.25) is 11.8 Å². The number of carboxylic acids is 1. The molecule has 0 spiro atoms. The molecule has 0 atom stereocenters. The Kier molecular flexibility index (Phi) is 9.16. The minimum Gasteiger partial charge on any atom is -0.490 e. The fourth-order valence-corrected chi connectivity index (χ4v) is 4.86. The molecule has 3 aromatic carbocycles. The third-order valence-corrected chi connectivity index (χ3v) is 7.13. The van der Waals surface area contributed by atoms with Crippen molar-refractivity contribution in [1.29, 1.82) is 0 Å². The lowest BCUT2D eigenvalue weighted by Crippen LogP contribution is -2.39. The van der Waals surface area contributed by atoms with Crippen LogP contribution in [0.1, 0.15) is 52.0 Å². The Labute approximate surface area is 248 Å². The lowest BCUT2D eigenvalue weighted by atomic mass is 9.92. The van der Waals surface area contributed by atoms with Crippen molar-refractivity contribution >= 4 is 29.2 Å². The van der Waals surface area contributed by atoms with Crippen LogP contribution in [-0.2, 0) is 11.2 Å². The molecule has 0 aliphatic heterocycles. The summed E-state index contributed by atoms with van der Waals surface area (Å²) in [5.41, 5.74) is 7.85. The number of nitrogens with zero attached hydrogens (tertiary/aromatic N) is 1. The zero-order chi connectivity index (χ0) is 30.2. The van der Waals surface area contributed by atoms with E-state index >= 15 is 0 Å². The molecule has 5 N–H and O–H groups in total. The SMILES string of the molecule is Nc1ccc(C(=O)NC2CCC(Oc3ccc(Oc4ccc(CC(=O)Nc5ccccc5C(=O)O)cn4)cc3)CC2)cc1. The fourth-order valence-electron chi connectivity index (χ4n) is 4.86. The quantitative estimate of drug-likeness (QED) is 0.181. The number of ether oxygens (including phenoxy) is 2. The third kappa shape index (κ3) is 8.10. The molecule has 1 heterocycles. The Morgan fingerprint density at radius 1 is 0.860 bits per heavy atom. The molecule has 1 aromatic heterocycles. The van der Waals surface area contributed by atoms with E-state index in [1.807, 2.05) is 12.1 Å². The molecule has 1 aliphatic rings. The zero-order valence-electron chi connectivity index (χ0n) is 23.4. The average molecular weight is 581 g/mol. The molecule has 0 saturated heterocycles. The van der Waals surface area contributed by atoms with Gasteiger partial charge in [-0.1, -0.05) is 18.2 Å². The molecule has 1 saturated carbocycles. The van der Waals surface area contributed by atoms with Crippen LogP contribution in [0.5, 0.6) is 17.4 Å². The van der Waals surface area contributed by atoms with E-state index in [9.17, 15) is 19.5 Å². The van der Waals surface area contributed by atoms with Crippen LogP contribution in [0, 0.1) is 0 Å². The topological polar surface area (TPSA) is 153 Å². The molecule has 43 heavy (non-hydrogen) atoms. The van der Waals surface area contributed by atoms with Crippen LogP contribution in [0.2, 0.25) is 0 Å². The molecule has 0 radical (unpaired) electrons. The van der Waals surface area contributed by atoms with Crippen LogP contribution >= 0.6 is 0 Å². The Hall–Kier alpha value is -5.38. The second-order valence-electron chi connectivity index (χ2n) is 10.3. The van der Waals surface area contributed by atoms with Crippen molar-refractivity contribution in [3.8, 4) is 17.4 Å². The molecule has 1 aliphatic carbocycles. The second kappa shape index (κ2) is 13.5. The van der Waals surface area contributed by atoms with Gasteiger partial charge in [-0.2, -0.15) is 0 Å². The first-order valence-corrected chi connectivity index (χ1v) is 14.0. The molecule has 1 fully saturated rings. The monoisotopic (exact) mass is 580 g/mol. The number of aromatic nitrogens is 1. The third-order valence-electron chi connectivity index (χ3n) is 7.13. The summed E-state index contributed by atoms with van der Waals surface area (Å²) in [6.45, 7) is 0. The standard InChI is InChI=1S/C33H32N4O6/c34-23-8-6-22(7-9-23)32(39)36-24-10-12-25(13-11-24)42-26-14-16-27(17-15-26)43-31-18-5-21(20-35-31)19-30(38)37-29-4-2-1-3-28(29)33(40)41/h1-9,14-18,20,24-25H,10-13,19,34H2,(H,36,39)(H,37,38)(H,40,41). The van der Waals surface area contributed by atoms with E-state index in [1.54, 1.807) is 72.9 Å². The summed E-state index contributed by atoms with van der Waals surface area (Å²) in [6, 6.07) is 24.0. The number of nitrogens with one attached hydrogen (secondary N) is 2. The predicted molar refractivity (Wildman–Crippen MR) is 161 cm³/mol. The number of anilines is 2. The molecule has 5 rings (SSSR count). The van der Waals surface area contributed by atoms with Gasteiger partial charge in [0.05, 0.1) is 23.8 Å². The summed E-state index contributed by atoms with van der Waals surface area (Å²) in [4.78, 5) is 40.5. The first-order valence-electron chi connectivity index (χ1n) is 14.0. The van der Waals surface area contributed by atoms with Crippen LogP contribution in [0.15, 0.2) is 91.1 Å². The number of nitrogens with two attached hydrogens (primary N) is 1. The maximum Gasteiger partial charge on any atom is 0.337 e. The summed E-state index contributed by atoms with van der Waals surface area (Å²) in [5.74, 6) is 0.141. The van der Waals surface area contributed by atoms with E-state index in [2.05, 4.69) is 15.6 Å². The van der Waals surface area contributed by atoms with Gasteiger partial charge in [0.25, 0.3) is 5.91 Å². The normalized spacial score (nSPS) is 16.1. The van der Waals surface area contributed by atoms with Gasteiger partial charge >= 0.3 is 5.97 Å². The number of aromatic carboxylic acids is 1. The minimum atomic E-state index is -1.11. The summed E-state index contributed by atoms with van der Waals surface area (Å²) in [6.07, 6.45) is 5.00. The minimum absolute atomic E-state index is 0.0258. The number of carbonyl (C=O) groups excluding carboxylic acids is 2. The van der Waals surface area contributed by atoms with E-state index in [4.69, 9.17) is 15.2 Å². The predicted octanol–water partition coefficient (Wildman–Crippen LogP) is 5.46. The number of para-hydroxylation sites is 1. The lowest BCUT2D eigenvalue weighted by Gasteiger charge is -2.29. The number of carboxylic acid groups (broad SMARTS) is 1. The highest BCUT2D eigenvalue weighted by Crippen LogP contribution is 2.27. The number of hydrogen-bond donors (Lipinski definition) is 4. The van der Waals surface area contributed by atoms with Gasteiger partial charge in [-0.3, -0.25) is 9.59 Å². The van der Waals surface area contributed by atoms with Crippen LogP contribution < -0.4 is 25.8 Å². The van der Waals surface area contributed by atoms with E-state index in [0.717, 1.165) is 31.4 Å². The van der Waals surface area contributed by atoms with Gasteiger partial charge < -0.3 is 30.9 Å². The average Bonchev–Trinajstić information content (AvgIpc) is 3.00. The smallest absolute Gasteiger partial charge is 0.337 e. The Morgan fingerprint density at radius 2 is 1.56 bits per heavy atom. The largest absolute Gasteiger partial charge is 0.490 e. The van der Waals surface area contributed by atoms with Crippen LogP contribution in [0.4, 0.5) is 11.4 Å². The highest BCUT2D eigenvalue weighted by atomic mass is 16.5. The molecule has 0 unspecified atom stereocenters. The van der Waals surface area contributed by atoms with Gasteiger partial charge in [-0.25, -0.2) is 9.78 Å². The van der Waals surface area contributed by atoms with Gasteiger partial charge in [0, 0.05) is 29.6 Å². The van der Waals surface area contributed by atoms with Crippen LogP contribution in [-0.4, -0.2) is 40.0 Å². The van der Waals surface area contributed by atoms with Crippen LogP contribution in [0.3, 0.4) is 0 Å². The maximum atomic E-state index is 12.5. The van der Waals surface area contributed by atoms with Crippen molar-refractivity contribution in [2.24, 2.45) is 0 Å². The number of rotatable bonds is 10. The molecule has 2 amide bonds. The number of hydrogen-bond acceptors (Lipinski definition) is 7. The van der Waals surface area contributed by atoms with Crippen molar-refractivity contribution in [2.75, 3.05) is 11.1 Å². The van der Waals surface area contributed by atoms with E-state index in [-0.39, 0.29) is 41.6 Å². The lowest BCUT2D eigenvalue weighted by molar-refractivity contribution is -0.115. The van der Waals surface area contributed by atoms with E-state index in [0.29, 0.717) is 28.4 Å². The molecule has 220 valence electrons. The van der Waals surface area contributed by atoms with Crippen molar-refractivity contribution < 1.29 is 29.0 Å². The Bertz CT molecular complexity index is 1560. The first-order chi connectivity index (χ1) is 20.8. The first kappa shape index (κ1) is 29.1. The zero-order valence-corrected chi connectivity index (χ0v) is 23.4. The van der Waals surface area contributed by atoms with Crippen molar-refractivity contribution in [3.05, 3.63) is 108 Å². The molecule has 10 heteroatoms. The molecular weight excluding hydrogens is 548 g/mol. The van der Waals surface area contributed by atoms with Crippen molar-refractivity contribution in [1.82, 2.24) is 10.3 Å². The van der Waals surface area contributed by atoms with Gasteiger partial charge in [-0.05, 0) is 91.9 Å². The van der Waals surface area contributed by atoms with Crippen LogP contribution in [0.25, 0.3) is 0 Å². The summed E-state index contributed by atoms with van der Waals surface area (Å²) < 4.78 is 12.0. The highest BCUT2D eigenvalue weighted by Gasteiger charge is 2.24. The number of benzene rings is 3. The van der Waals surface area contributed by atoms with Crippen molar-refractivity contribution in [2.45, 2.75) is 44.2 Å². The van der Waals surface area contributed by atoms with E-state index in [1.165, 1.54) is 6.07 Å². The molecular formula is C33H32N4O6. The fraction of sp³-hybridized carbons (Fsp3) is 0.212. The maximum absolute atomic E-state index is 12.5. The van der Waals surface area contributed by atoms with Crippen molar-refractivity contribution in [3.63, 3.8) is 0 Å². The van der Waals surface area contributed by atoms with Gasteiger partial charge in [0.1, 0.15) is 11.5 Å². The number of amides is 2. The summed E-state index contributed by atoms with van der Waals surface area (Å²) in [7, 11) is 0. The Balaban J connectivity index is 1.06. The second-order valence-corrected chi connectivity index (χ2v) is 10.3. The van der Waals surface area contributed by atoms with E-state index < -0.39 is 5.97 Å². The van der Waals surface area contributed by atoms with Gasteiger partial charge in [-0.15, -0.1) is 0 Å². The number of nitrogen functional groups attached to an aromatic ring is 1. The summed E-state index contributed by atoms with van der Waals surface area (Å²) >= 11 is 0. The molecule has 0 bridgehead atoms.